The van der Waals surface area contributed by atoms with Gasteiger partial charge in [0.2, 0.25) is 0 Å². The first-order valence-electron chi connectivity index (χ1n) is 8.50. The van der Waals surface area contributed by atoms with Gasteiger partial charge in [-0.25, -0.2) is 9.97 Å². The van der Waals surface area contributed by atoms with Crippen molar-refractivity contribution in [2.45, 2.75) is 40.2 Å². The zero-order valence-corrected chi connectivity index (χ0v) is 15.9. The highest BCUT2D eigenvalue weighted by atomic mass is 16.5. The van der Waals surface area contributed by atoms with Crippen LogP contribution in [0.1, 0.15) is 30.3 Å². The number of nitrogens with one attached hydrogen (secondary N) is 2. The summed E-state index contributed by atoms with van der Waals surface area (Å²) >= 11 is 0. The molecule has 0 saturated carbocycles. The number of methoxy groups -OCH3 is 2. The molecule has 0 radical (unpaired) electrons. The van der Waals surface area contributed by atoms with E-state index >= 15 is 0 Å². The average Bonchev–Trinajstić information content (AvgIpc) is 2.59. The Morgan fingerprint density at radius 2 is 1.80 bits per heavy atom. The summed E-state index contributed by atoms with van der Waals surface area (Å²) in [4.78, 5) is 9.12. The summed E-state index contributed by atoms with van der Waals surface area (Å²) in [6.45, 7) is 8.72. The largest absolute Gasteiger partial charge is 0.497 e. The van der Waals surface area contributed by atoms with Gasteiger partial charge in [-0.05, 0) is 51.0 Å². The summed E-state index contributed by atoms with van der Waals surface area (Å²) < 4.78 is 10.5. The van der Waals surface area contributed by atoms with Crippen molar-refractivity contribution in [3.05, 3.63) is 35.2 Å². The van der Waals surface area contributed by atoms with Gasteiger partial charge in [-0.1, -0.05) is 6.92 Å². The molecule has 2 rings (SSSR count). The number of aryl methyl sites for hydroxylation is 2. The van der Waals surface area contributed by atoms with Crippen LogP contribution in [0.15, 0.2) is 18.2 Å². The Hall–Kier alpha value is -2.34. The summed E-state index contributed by atoms with van der Waals surface area (Å²) in [6.07, 6.45) is 0.955. The number of anilines is 3. The van der Waals surface area contributed by atoms with Crippen LogP contribution in [-0.4, -0.2) is 36.8 Å². The number of aromatic nitrogens is 2. The summed E-state index contributed by atoms with van der Waals surface area (Å²) in [5, 5.41) is 6.88. The maximum absolute atomic E-state index is 5.27. The van der Waals surface area contributed by atoms with Crippen LogP contribution in [0.4, 0.5) is 17.3 Å². The van der Waals surface area contributed by atoms with Crippen LogP contribution < -0.4 is 15.4 Å². The fourth-order valence-electron chi connectivity index (χ4n) is 2.58. The Balaban J connectivity index is 2.29. The molecule has 1 unspecified atom stereocenters. The first kappa shape index (κ1) is 19.0. The van der Waals surface area contributed by atoms with Crippen molar-refractivity contribution in [3.63, 3.8) is 0 Å². The molecule has 0 spiro atoms. The Morgan fingerprint density at radius 3 is 2.40 bits per heavy atom. The second kappa shape index (κ2) is 8.67. The third-order valence-corrected chi connectivity index (χ3v) is 4.15. The van der Waals surface area contributed by atoms with Gasteiger partial charge in [-0.3, -0.25) is 0 Å². The van der Waals surface area contributed by atoms with Crippen LogP contribution in [0.25, 0.3) is 0 Å². The zero-order valence-electron chi connectivity index (χ0n) is 15.9. The summed E-state index contributed by atoms with van der Waals surface area (Å²) in [7, 11) is 3.38. The lowest BCUT2D eigenvalue weighted by atomic mass is 10.1. The van der Waals surface area contributed by atoms with Gasteiger partial charge < -0.3 is 20.1 Å². The molecule has 0 aliphatic rings. The third-order valence-electron chi connectivity index (χ3n) is 4.15. The van der Waals surface area contributed by atoms with Crippen molar-refractivity contribution in [2.75, 3.05) is 31.5 Å². The molecule has 0 saturated heterocycles. The summed E-state index contributed by atoms with van der Waals surface area (Å²) in [5.41, 5.74) is 3.07. The predicted molar refractivity (Wildman–Crippen MR) is 102 cm³/mol. The number of hydrogen-bond acceptors (Lipinski definition) is 6. The maximum atomic E-state index is 5.27. The molecule has 6 nitrogen and oxygen atoms in total. The molecule has 1 atom stereocenters. The predicted octanol–water partition coefficient (Wildman–Crippen LogP) is 3.99. The van der Waals surface area contributed by atoms with E-state index in [1.807, 2.05) is 39.0 Å². The van der Waals surface area contributed by atoms with E-state index < -0.39 is 0 Å². The van der Waals surface area contributed by atoms with Crippen molar-refractivity contribution in [1.82, 2.24) is 9.97 Å². The number of hydrogen-bond donors (Lipinski definition) is 2. The van der Waals surface area contributed by atoms with Crippen LogP contribution in [-0.2, 0) is 4.74 Å². The average molecular weight is 344 g/mol. The molecular formula is C19H28N4O2. The topological polar surface area (TPSA) is 68.3 Å². The van der Waals surface area contributed by atoms with E-state index in [-0.39, 0.29) is 6.04 Å². The molecule has 1 heterocycles. The van der Waals surface area contributed by atoms with E-state index in [4.69, 9.17) is 9.47 Å². The smallest absolute Gasteiger partial charge is 0.139 e. The molecule has 136 valence electrons. The molecule has 0 amide bonds. The van der Waals surface area contributed by atoms with E-state index in [1.54, 1.807) is 14.2 Å². The van der Waals surface area contributed by atoms with Crippen LogP contribution in [0, 0.1) is 20.8 Å². The van der Waals surface area contributed by atoms with Crippen molar-refractivity contribution in [2.24, 2.45) is 0 Å². The van der Waals surface area contributed by atoms with Crippen molar-refractivity contribution >= 4 is 17.3 Å². The van der Waals surface area contributed by atoms with E-state index in [0.29, 0.717) is 12.4 Å². The van der Waals surface area contributed by atoms with E-state index in [9.17, 15) is 0 Å². The molecule has 2 aromatic rings. The van der Waals surface area contributed by atoms with Crippen molar-refractivity contribution in [1.29, 1.82) is 0 Å². The second-order valence-electron chi connectivity index (χ2n) is 6.10. The third kappa shape index (κ3) is 4.82. The van der Waals surface area contributed by atoms with Gasteiger partial charge in [0, 0.05) is 18.4 Å². The van der Waals surface area contributed by atoms with Crippen molar-refractivity contribution in [3.8, 4) is 5.75 Å². The first-order valence-corrected chi connectivity index (χ1v) is 8.50. The minimum absolute atomic E-state index is 0.216. The fourth-order valence-corrected chi connectivity index (χ4v) is 2.58. The highest BCUT2D eigenvalue weighted by Gasteiger charge is 2.14. The van der Waals surface area contributed by atoms with Crippen molar-refractivity contribution < 1.29 is 9.47 Å². The highest BCUT2D eigenvalue weighted by Crippen LogP contribution is 2.28. The first-order chi connectivity index (χ1) is 12.0. The normalized spacial score (nSPS) is 11.9. The number of ether oxygens (including phenoxy) is 2. The maximum Gasteiger partial charge on any atom is 0.139 e. The van der Waals surface area contributed by atoms with E-state index in [1.165, 1.54) is 0 Å². The van der Waals surface area contributed by atoms with E-state index in [0.717, 1.165) is 40.6 Å². The van der Waals surface area contributed by atoms with Gasteiger partial charge in [0.05, 0.1) is 19.8 Å². The molecule has 0 aliphatic carbocycles. The lowest BCUT2D eigenvalue weighted by molar-refractivity contribution is 0.184. The SMILES string of the molecule is CCC(COC)Nc1nc(C)nc(Nc2ccc(OC)cc2C)c1C. The van der Waals surface area contributed by atoms with Gasteiger partial charge >= 0.3 is 0 Å². The summed E-state index contributed by atoms with van der Waals surface area (Å²) in [6, 6.07) is 6.14. The minimum atomic E-state index is 0.216. The Morgan fingerprint density at radius 1 is 1.08 bits per heavy atom. The number of rotatable bonds is 8. The lowest BCUT2D eigenvalue weighted by Gasteiger charge is -2.20. The van der Waals surface area contributed by atoms with Gasteiger partial charge in [0.1, 0.15) is 23.2 Å². The quantitative estimate of drug-likeness (QED) is 0.755. The molecular weight excluding hydrogens is 316 g/mol. The Labute approximate surface area is 150 Å². The van der Waals surface area contributed by atoms with Crippen LogP contribution >= 0.6 is 0 Å². The molecule has 0 bridgehead atoms. The molecule has 6 heteroatoms. The van der Waals surface area contributed by atoms with Gasteiger partial charge in [-0.2, -0.15) is 0 Å². The molecule has 1 aromatic carbocycles. The van der Waals surface area contributed by atoms with Crippen LogP contribution in [0.5, 0.6) is 5.75 Å². The molecule has 1 aromatic heterocycles. The van der Waals surface area contributed by atoms with E-state index in [2.05, 4.69) is 27.5 Å². The fraction of sp³-hybridized carbons (Fsp3) is 0.474. The molecule has 25 heavy (non-hydrogen) atoms. The Bertz CT molecular complexity index is 719. The summed E-state index contributed by atoms with van der Waals surface area (Å²) in [5.74, 6) is 3.20. The monoisotopic (exact) mass is 344 g/mol. The number of nitrogens with zero attached hydrogens (tertiary/aromatic N) is 2. The lowest BCUT2D eigenvalue weighted by Crippen LogP contribution is -2.25. The second-order valence-corrected chi connectivity index (χ2v) is 6.10. The van der Waals surface area contributed by atoms with Gasteiger partial charge in [-0.15, -0.1) is 0 Å². The highest BCUT2D eigenvalue weighted by molar-refractivity contribution is 5.67. The number of benzene rings is 1. The van der Waals surface area contributed by atoms with Crippen LogP contribution in [0.2, 0.25) is 0 Å². The minimum Gasteiger partial charge on any atom is -0.497 e. The van der Waals surface area contributed by atoms with Gasteiger partial charge in [0.15, 0.2) is 0 Å². The zero-order chi connectivity index (χ0) is 18.4. The Kier molecular flexibility index (Phi) is 6.58. The van der Waals surface area contributed by atoms with Gasteiger partial charge in [0.25, 0.3) is 0 Å². The molecule has 0 fully saturated rings. The molecule has 2 N–H and O–H groups in total. The van der Waals surface area contributed by atoms with Crippen LogP contribution in [0.3, 0.4) is 0 Å². The molecule has 0 aliphatic heterocycles. The standard InChI is InChI=1S/C19H28N4O2/c1-7-15(11-24-5)22-18-13(3)19(21-14(4)20-18)23-17-9-8-16(25-6)10-12(17)2/h8-10,15H,7,11H2,1-6H3,(H2,20,21,22,23).